The fourth-order valence-corrected chi connectivity index (χ4v) is 0.769. The number of rotatable bonds is 1. The molecule has 1 aromatic rings. The van der Waals surface area contributed by atoms with Gasteiger partial charge in [0.05, 0.1) is 0 Å². The molecule has 0 spiro atoms. The van der Waals surface area contributed by atoms with E-state index in [9.17, 15) is 8.78 Å². The molecule has 60 valence electrons. The Morgan fingerprint density at radius 1 is 1.36 bits per heavy atom. The van der Waals surface area contributed by atoms with Crippen LogP contribution < -0.4 is 0 Å². The maximum Gasteiger partial charge on any atom is 0.280 e. The quantitative estimate of drug-likeness (QED) is 0.624. The molecule has 0 aliphatic rings. The molecule has 0 aliphatic carbocycles. The molecule has 0 unspecified atom stereocenters. The monoisotopic (exact) mass is 158 g/mol. The first-order valence-electron chi connectivity index (χ1n) is 3.19. The van der Waals surface area contributed by atoms with Crippen molar-refractivity contribution >= 4 is 0 Å². The van der Waals surface area contributed by atoms with Gasteiger partial charge in [-0.3, -0.25) is 0 Å². The number of halogens is 2. The number of aryl methyl sites for hydroxylation is 2. The third kappa shape index (κ3) is 1.69. The van der Waals surface area contributed by atoms with Crippen molar-refractivity contribution < 1.29 is 8.78 Å². The number of alkyl halides is 2. The SMILES string of the molecule is Cc1ncc(C)c(C(F)F)n1. The third-order valence-electron chi connectivity index (χ3n) is 1.34. The summed E-state index contributed by atoms with van der Waals surface area (Å²) in [6.07, 6.45) is -1.10. The van der Waals surface area contributed by atoms with Crippen molar-refractivity contribution in [2.75, 3.05) is 0 Å². The van der Waals surface area contributed by atoms with Crippen molar-refractivity contribution in [3.05, 3.63) is 23.3 Å². The van der Waals surface area contributed by atoms with Crippen molar-refractivity contribution in [3.63, 3.8) is 0 Å². The van der Waals surface area contributed by atoms with Crippen molar-refractivity contribution in [1.29, 1.82) is 0 Å². The Bertz CT molecular complexity index is 261. The highest BCUT2D eigenvalue weighted by Crippen LogP contribution is 2.18. The van der Waals surface area contributed by atoms with E-state index in [1.807, 2.05) is 0 Å². The molecular formula is C7H8F2N2. The van der Waals surface area contributed by atoms with E-state index in [4.69, 9.17) is 0 Å². The van der Waals surface area contributed by atoms with Crippen LogP contribution in [0.3, 0.4) is 0 Å². The fourth-order valence-electron chi connectivity index (χ4n) is 0.769. The molecule has 0 aromatic carbocycles. The molecule has 11 heavy (non-hydrogen) atoms. The molecule has 0 aliphatic heterocycles. The van der Waals surface area contributed by atoms with E-state index in [-0.39, 0.29) is 5.69 Å². The first-order chi connectivity index (χ1) is 5.11. The molecule has 1 rings (SSSR count). The number of nitrogens with zero attached hydrogens (tertiary/aromatic N) is 2. The molecule has 0 radical (unpaired) electrons. The molecule has 0 saturated carbocycles. The maximum atomic E-state index is 12.1. The highest BCUT2D eigenvalue weighted by atomic mass is 19.3. The van der Waals surface area contributed by atoms with Gasteiger partial charge in [-0.15, -0.1) is 0 Å². The van der Waals surface area contributed by atoms with Gasteiger partial charge in [0.1, 0.15) is 11.5 Å². The van der Waals surface area contributed by atoms with Gasteiger partial charge in [-0.1, -0.05) is 0 Å². The second-order valence-electron chi connectivity index (χ2n) is 2.29. The Morgan fingerprint density at radius 3 is 2.45 bits per heavy atom. The molecular weight excluding hydrogens is 150 g/mol. The van der Waals surface area contributed by atoms with Crippen LogP contribution in [-0.4, -0.2) is 9.97 Å². The van der Waals surface area contributed by atoms with Gasteiger partial charge < -0.3 is 0 Å². The molecule has 1 heterocycles. The first kappa shape index (κ1) is 8.04. The summed E-state index contributed by atoms with van der Waals surface area (Å²) in [5, 5.41) is 0. The summed E-state index contributed by atoms with van der Waals surface area (Å²) in [6, 6.07) is 0. The van der Waals surface area contributed by atoms with E-state index in [1.54, 1.807) is 13.8 Å². The number of aromatic nitrogens is 2. The van der Waals surface area contributed by atoms with Gasteiger partial charge in [0.15, 0.2) is 0 Å². The summed E-state index contributed by atoms with van der Waals surface area (Å²) in [5.41, 5.74) is 0.267. The standard InChI is InChI=1S/C7H8F2N2/c1-4-3-10-5(2)11-6(4)7(8)9/h3,7H,1-2H3. The van der Waals surface area contributed by atoms with Gasteiger partial charge in [-0.25, -0.2) is 18.7 Å². The first-order valence-corrected chi connectivity index (χ1v) is 3.19. The summed E-state index contributed by atoms with van der Waals surface area (Å²) in [7, 11) is 0. The van der Waals surface area contributed by atoms with Crippen LogP contribution >= 0.6 is 0 Å². The minimum atomic E-state index is -2.50. The Labute approximate surface area is 63.3 Å². The van der Waals surface area contributed by atoms with Crippen LogP contribution in [0.4, 0.5) is 8.78 Å². The van der Waals surface area contributed by atoms with Crippen molar-refractivity contribution in [2.45, 2.75) is 20.3 Å². The predicted octanol–water partition coefficient (Wildman–Crippen LogP) is 2.03. The molecule has 0 fully saturated rings. The lowest BCUT2D eigenvalue weighted by Crippen LogP contribution is -1.98. The van der Waals surface area contributed by atoms with Crippen LogP contribution in [0, 0.1) is 13.8 Å². The summed E-state index contributed by atoms with van der Waals surface area (Å²) < 4.78 is 24.2. The average Bonchev–Trinajstić information content (AvgIpc) is 1.94. The van der Waals surface area contributed by atoms with Crippen LogP contribution in [0.15, 0.2) is 6.20 Å². The van der Waals surface area contributed by atoms with E-state index in [1.165, 1.54) is 6.20 Å². The Balaban J connectivity index is 3.13. The van der Waals surface area contributed by atoms with Gasteiger partial charge in [0, 0.05) is 6.20 Å². The van der Waals surface area contributed by atoms with Crippen LogP contribution in [0.25, 0.3) is 0 Å². The zero-order chi connectivity index (χ0) is 8.43. The van der Waals surface area contributed by atoms with Crippen LogP contribution in [0.1, 0.15) is 23.5 Å². The minimum Gasteiger partial charge on any atom is -0.241 e. The third-order valence-corrected chi connectivity index (χ3v) is 1.34. The lowest BCUT2D eigenvalue weighted by Gasteiger charge is -2.02. The lowest BCUT2D eigenvalue weighted by atomic mass is 10.2. The Morgan fingerprint density at radius 2 is 2.00 bits per heavy atom. The highest BCUT2D eigenvalue weighted by Gasteiger charge is 2.11. The van der Waals surface area contributed by atoms with Gasteiger partial charge in [0.2, 0.25) is 0 Å². The second-order valence-corrected chi connectivity index (χ2v) is 2.29. The molecule has 4 heteroatoms. The van der Waals surface area contributed by atoms with Crippen molar-refractivity contribution in [3.8, 4) is 0 Å². The number of hydrogen-bond donors (Lipinski definition) is 0. The van der Waals surface area contributed by atoms with Crippen LogP contribution in [-0.2, 0) is 0 Å². The molecule has 0 amide bonds. The molecule has 0 atom stereocenters. The van der Waals surface area contributed by atoms with E-state index in [0.717, 1.165) is 0 Å². The van der Waals surface area contributed by atoms with E-state index < -0.39 is 6.43 Å². The van der Waals surface area contributed by atoms with Gasteiger partial charge >= 0.3 is 0 Å². The minimum absolute atomic E-state index is 0.169. The van der Waals surface area contributed by atoms with Crippen LogP contribution in [0.2, 0.25) is 0 Å². The maximum absolute atomic E-state index is 12.1. The zero-order valence-electron chi connectivity index (χ0n) is 6.31. The predicted molar refractivity (Wildman–Crippen MR) is 36.5 cm³/mol. The summed E-state index contributed by atoms with van der Waals surface area (Å²) >= 11 is 0. The summed E-state index contributed by atoms with van der Waals surface area (Å²) in [6.45, 7) is 3.16. The fraction of sp³-hybridized carbons (Fsp3) is 0.429. The topological polar surface area (TPSA) is 25.8 Å². The average molecular weight is 158 g/mol. The zero-order valence-corrected chi connectivity index (χ0v) is 6.31. The largest absolute Gasteiger partial charge is 0.280 e. The van der Waals surface area contributed by atoms with Crippen LogP contribution in [0.5, 0.6) is 0 Å². The van der Waals surface area contributed by atoms with Crippen molar-refractivity contribution in [2.24, 2.45) is 0 Å². The summed E-state index contributed by atoms with van der Waals surface area (Å²) in [5.74, 6) is 0.380. The molecule has 1 aromatic heterocycles. The normalized spacial score (nSPS) is 10.6. The lowest BCUT2D eigenvalue weighted by molar-refractivity contribution is 0.144. The van der Waals surface area contributed by atoms with Gasteiger partial charge in [-0.05, 0) is 19.4 Å². The summed E-state index contributed by atoms with van der Waals surface area (Å²) in [4.78, 5) is 7.39. The molecule has 0 bridgehead atoms. The number of hydrogen-bond acceptors (Lipinski definition) is 2. The van der Waals surface area contributed by atoms with E-state index in [0.29, 0.717) is 11.4 Å². The Hall–Kier alpha value is -1.06. The smallest absolute Gasteiger partial charge is 0.241 e. The molecule has 0 saturated heterocycles. The molecule has 0 N–H and O–H groups in total. The second kappa shape index (κ2) is 2.90. The Kier molecular flexibility index (Phi) is 2.12. The molecule has 2 nitrogen and oxygen atoms in total. The van der Waals surface area contributed by atoms with E-state index >= 15 is 0 Å². The van der Waals surface area contributed by atoms with E-state index in [2.05, 4.69) is 9.97 Å². The highest BCUT2D eigenvalue weighted by molar-refractivity contribution is 5.16. The van der Waals surface area contributed by atoms with Gasteiger partial charge in [0.25, 0.3) is 6.43 Å². The van der Waals surface area contributed by atoms with Gasteiger partial charge in [-0.2, -0.15) is 0 Å². The van der Waals surface area contributed by atoms with Crippen molar-refractivity contribution in [1.82, 2.24) is 9.97 Å².